The number of anilines is 1. The van der Waals surface area contributed by atoms with Crippen molar-refractivity contribution in [2.24, 2.45) is 7.05 Å². The quantitative estimate of drug-likeness (QED) is 0.380. The van der Waals surface area contributed by atoms with Crippen molar-refractivity contribution >= 4 is 50.2 Å². The highest BCUT2D eigenvalue weighted by molar-refractivity contribution is 6.07. The lowest BCUT2D eigenvalue weighted by molar-refractivity contribution is 0.0950. The van der Waals surface area contributed by atoms with E-state index in [1.165, 1.54) is 12.8 Å². The van der Waals surface area contributed by atoms with Crippen LogP contribution in [-0.2, 0) is 11.8 Å². The summed E-state index contributed by atoms with van der Waals surface area (Å²) in [5, 5.41) is 5.67. The number of rotatable bonds is 5. The van der Waals surface area contributed by atoms with Crippen molar-refractivity contribution < 1.29 is 9.53 Å². The number of carbonyl (C=O) groups excluding carboxylic acids is 1. The molecular weight excluding hydrogens is 492 g/mol. The average Bonchev–Trinajstić information content (AvgIpc) is 3.59. The third kappa shape index (κ3) is 4.04. The standard InChI is InChI=1S/C30H32N6O3/c1-33-23-18-20-6-2-3-7-21(20)19-24(23)36-28-22(8-9-25(32-28)35-14-16-39-17-15-35)27(37)26(30(33)36)29(38)31-10-13-34-11-4-5-12-34/h2-3,6-9,18-19H,4-5,10-17H2,1H3,(H,31,38). The first-order valence-corrected chi connectivity index (χ1v) is 13.8. The highest BCUT2D eigenvalue weighted by Gasteiger charge is 2.25. The molecule has 39 heavy (non-hydrogen) atoms. The number of likely N-dealkylation sites (tertiary alicyclic amines) is 1. The van der Waals surface area contributed by atoms with Crippen molar-refractivity contribution in [1.82, 2.24) is 24.2 Å². The Balaban J connectivity index is 1.45. The normalized spacial score (nSPS) is 16.7. The fourth-order valence-corrected chi connectivity index (χ4v) is 6.15. The zero-order chi connectivity index (χ0) is 26.5. The third-order valence-electron chi connectivity index (χ3n) is 8.22. The first-order chi connectivity index (χ1) is 19.1. The number of pyridine rings is 2. The molecule has 1 N–H and O–H groups in total. The van der Waals surface area contributed by atoms with Crippen molar-refractivity contribution in [3.05, 3.63) is 64.3 Å². The Morgan fingerprint density at radius 3 is 2.44 bits per heavy atom. The van der Waals surface area contributed by atoms with Crippen LogP contribution >= 0.6 is 0 Å². The highest BCUT2D eigenvalue weighted by Crippen LogP contribution is 2.30. The smallest absolute Gasteiger partial charge is 0.259 e. The summed E-state index contributed by atoms with van der Waals surface area (Å²) in [6, 6.07) is 16.1. The van der Waals surface area contributed by atoms with E-state index < -0.39 is 0 Å². The molecule has 2 aromatic carbocycles. The van der Waals surface area contributed by atoms with Crippen LogP contribution in [-0.4, -0.2) is 77.2 Å². The van der Waals surface area contributed by atoms with Crippen molar-refractivity contribution in [2.45, 2.75) is 12.8 Å². The molecule has 9 nitrogen and oxygen atoms in total. The predicted molar refractivity (Wildman–Crippen MR) is 154 cm³/mol. The molecule has 2 fully saturated rings. The Kier molecular flexibility index (Phi) is 5.97. The van der Waals surface area contributed by atoms with E-state index in [4.69, 9.17) is 9.72 Å². The van der Waals surface area contributed by atoms with Crippen molar-refractivity contribution in [3.8, 4) is 0 Å². The second kappa shape index (κ2) is 9.66. The second-order valence-electron chi connectivity index (χ2n) is 10.6. The molecule has 1 amide bonds. The number of nitrogens with zero attached hydrogens (tertiary/aromatic N) is 5. The molecule has 5 heterocycles. The lowest BCUT2D eigenvalue weighted by Crippen LogP contribution is -2.37. The molecule has 2 aliphatic rings. The number of benzene rings is 2. The topological polar surface area (TPSA) is 84.1 Å². The molecule has 0 atom stereocenters. The van der Waals surface area contributed by atoms with Gasteiger partial charge in [0.05, 0.1) is 29.6 Å². The zero-order valence-electron chi connectivity index (χ0n) is 22.2. The van der Waals surface area contributed by atoms with E-state index in [0.29, 0.717) is 36.4 Å². The molecule has 0 saturated carbocycles. The molecule has 200 valence electrons. The van der Waals surface area contributed by atoms with Crippen LogP contribution in [0.4, 0.5) is 5.82 Å². The van der Waals surface area contributed by atoms with E-state index in [1.54, 1.807) is 0 Å². The molecule has 9 heteroatoms. The van der Waals surface area contributed by atoms with Crippen molar-refractivity contribution in [1.29, 1.82) is 0 Å². The van der Waals surface area contributed by atoms with Gasteiger partial charge in [-0.15, -0.1) is 0 Å². The van der Waals surface area contributed by atoms with Crippen LogP contribution in [0.2, 0.25) is 0 Å². The maximum Gasteiger partial charge on any atom is 0.259 e. The number of imidazole rings is 1. The summed E-state index contributed by atoms with van der Waals surface area (Å²) in [6.07, 6.45) is 2.40. The molecule has 0 spiro atoms. The molecular formula is C30H32N6O3. The second-order valence-corrected chi connectivity index (χ2v) is 10.6. The highest BCUT2D eigenvalue weighted by atomic mass is 16.5. The first kappa shape index (κ1) is 24.1. The number of hydrogen-bond donors (Lipinski definition) is 1. The minimum Gasteiger partial charge on any atom is -0.378 e. The Hall–Kier alpha value is -3.95. The van der Waals surface area contributed by atoms with Gasteiger partial charge in [0.1, 0.15) is 17.0 Å². The van der Waals surface area contributed by atoms with Gasteiger partial charge < -0.3 is 24.4 Å². The summed E-state index contributed by atoms with van der Waals surface area (Å²) >= 11 is 0. The first-order valence-electron chi connectivity index (χ1n) is 13.8. The number of carbonyl (C=O) groups is 1. The molecule has 0 aliphatic carbocycles. The Labute approximate surface area is 225 Å². The SMILES string of the molecule is Cn1c2cc3ccccc3cc2n2c3nc(N4CCOCC4)ccc3c(=O)c(C(=O)NCCN3CCCC3)c12. The number of fused-ring (bicyclic) bond motifs is 6. The molecule has 3 aromatic heterocycles. The molecule has 0 bridgehead atoms. The summed E-state index contributed by atoms with van der Waals surface area (Å²) < 4.78 is 9.49. The fraction of sp³-hybridized carbons (Fsp3) is 0.367. The maximum atomic E-state index is 14.0. The number of nitrogens with one attached hydrogen (secondary N) is 1. The molecule has 2 saturated heterocycles. The van der Waals surface area contributed by atoms with E-state index in [1.807, 2.05) is 40.3 Å². The molecule has 7 rings (SSSR count). The van der Waals surface area contributed by atoms with Crippen LogP contribution in [0.5, 0.6) is 0 Å². The van der Waals surface area contributed by atoms with Gasteiger partial charge >= 0.3 is 0 Å². The number of morpholine rings is 1. The molecule has 0 radical (unpaired) electrons. The van der Waals surface area contributed by atoms with E-state index in [-0.39, 0.29) is 16.9 Å². The van der Waals surface area contributed by atoms with Crippen LogP contribution in [0.15, 0.2) is 53.3 Å². The van der Waals surface area contributed by atoms with Gasteiger partial charge in [0.25, 0.3) is 5.91 Å². The van der Waals surface area contributed by atoms with E-state index in [0.717, 1.165) is 60.3 Å². The molecule has 2 aliphatic heterocycles. The summed E-state index contributed by atoms with van der Waals surface area (Å²) in [6.45, 7) is 6.19. The predicted octanol–water partition coefficient (Wildman–Crippen LogP) is 3.15. The zero-order valence-corrected chi connectivity index (χ0v) is 22.2. The summed E-state index contributed by atoms with van der Waals surface area (Å²) in [7, 11) is 1.92. The van der Waals surface area contributed by atoms with Gasteiger partial charge in [-0.2, -0.15) is 0 Å². The molecule has 5 aromatic rings. The van der Waals surface area contributed by atoms with Crippen LogP contribution < -0.4 is 15.6 Å². The van der Waals surface area contributed by atoms with E-state index in [9.17, 15) is 9.59 Å². The van der Waals surface area contributed by atoms with E-state index >= 15 is 0 Å². The summed E-state index contributed by atoms with van der Waals surface area (Å²) in [5.41, 5.74) is 2.84. The fourth-order valence-electron chi connectivity index (χ4n) is 6.15. The van der Waals surface area contributed by atoms with Gasteiger partial charge in [0, 0.05) is 33.2 Å². The van der Waals surface area contributed by atoms with Crippen LogP contribution in [0.1, 0.15) is 23.2 Å². The maximum absolute atomic E-state index is 14.0. The Bertz CT molecular complexity index is 1790. The largest absolute Gasteiger partial charge is 0.378 e. The monoisotopic (exact) mass is 524 g/mol. The van der Waals surface area contributed by atoms with Gasteiger partial charge in [-0.25, -0.2) is 4.98 Å². The van der Waals surface area contributed by atoms with Gasteiger partial charge in [-0.05, 0) is 61.0 Å². The van der Waals surface area contributed by atoms with Crippen LogP contribution in [0.25, 0.3) is 38.5 Å². The lowest BCUT2D eigenvalue weighted by atomic mass is 10.1. The number of aromatic nitrogens is 3. The minimum atomic E-state index is -0.341. The molecule has 0 unspecified atom stereocenters. The number of amides is 1. The minimum absolute atomic E-state index is 0.160. The van der Waals surface area contributed by atoms with Gasteiger partial charge in [0.15, 0.2) is 5.65 Å². The third-order valence-corrected chi connectivity index (χ3v) is 8.22. The van der Waals surface area contributed by atoms with Crippen molar-refractivity contribution in [2.75, 3.05) is 57.4 Å². The van der Waals surface area contributed by atoms with Gasteiger partial charge in [0.2, 0.25) is 5.43 Å². The average molecular weight is 525 g/mol. The number of hydrogen-bond acceptors (Lipinski definition) is 6. The van der Waals surface area contributed by atoms with Crippen LogP contribution in [0.3, 0.4) is 0 Å². The Morgan fingerprint density at radius 1 is 0.974 bits per heavy atom. The lowest BCUT2D eigenvalue weighted by Gasteiger charge is -2.28. The van der Waals surface area contributed by atoms with E-state index in [2.05, 4.69) is 39.4 Å². The van der Waals surface area contributed by atoms with Crippen molar-refractivity contribution in [3.63, 3.8) is 0 Å². The van der Waals surface area contributed by atoms with Gasteiger partial charge in [-0.1, -0.05) is 24.3 Å². The van der Waals surface area contributed by atoms with Gasteiger partial charge in [-0.3, -0.25) is 14.0 Å². The Morgan fingerprint density at radius 2 is 1.69 bits per heavy atom. The summed E-state index contributed by atoms with van der Waals surface area (Å²) in [5.74, 6) is 0.464. The summed E-state index contributed by atoms with van der Waals surface area (Å²) in [4.78, 5) is 37.2. The number of ether oxygens (including phenoxy) is 1. The number of aryl methyl sites for hydroxylation is 1. The van der Waals surface area contributed by atoms with Crippen LogP contribution in [0, 0.1) is 0 Å².